The third-order valence-electron chi connectivity index (χ3n) is 4.93. The summed E-state index contributed by atoms with van der Waals surface area (Å²) in [7, 11) is 0. The molecule has 132 valence electrons. The van der Waals surface area contributed by atoms with Crippen molar-refractivity contribution >= 4 is 5.91 Å². The van der Waals surface area contributed by atoms with E-state index in [9.17, 15) is 10.1 Å². The zero-order valence-electron chi connectivity index (χ0n) is 14.5. The van der Waals surface area contributed by atoms with Crippen molar-refractivity contribution in [2.45, 2.75) is 13.0 Å². The van der Waals surface area contributed by atoms with Gasteiger partial charge in [-0.3, -0.25) is 9.69 Å². The number of benzene rings is 1. The van der Waals surface area contributed by atoms with Gasteiger partial charge in [-0.1, -0.05) is 24.3 Å². The summed E-state index contributed by atoms with van der Waals surface area (Å²) in [6.45, 7) is 6.02. The number of nitrogens with two attached hydrogens (primary N) is 1. The second kappa shape index (κ2) is 8.15. The minimum Gasteiger partial charge on any atom is -0.371 e. The molecule has 1 saturated heterocycles. The van der Waals surface area contributed by atoms with Gasteiger partial charge in [0.15, 0.2) is 0 Å². The number of fused-ring (bicyclic) bond motifs is 1. The van der Waals surface area contributed by atoms with Crippen molar-refractivity contribution in [1.29, 1.82) is 5.26 Å². The number of hydrogen-bond acceptors (Lipinski definition) is 5. The first kappa shape index (κ1) is 17.5. The average Bonchev–Trinajstić information content (AvgIpc) is 2.66. The highest BCUT2D eigenvalue weighted by molar-refractivity contribution is 5.97. The van der Waals surface area contributed by atoms with E-state index in [-0.39, 0.29) is 11.5 Å². The highest BCUT2D eigenvalue weighted by Crippen LogP contribution is 2.19. The van der Waals surface area contributed by atoms with Crippen molar-refractivity contribution in [3.8, 4) is 6.07 Å². The largest absolute Gasteiger partial charge is 0.371 e. The Balaban J connectivity index is 1.63. The van der Waals surface area contributed by atoms with E-state index in [2.05, 4.69) is 34.1 Å². The summed E-state index contributed by atoms with van der Waals surface area (Å²) in [5.74, 6) is -0.159. The Kier molecular flexibility index (Phi) is 5.69. The molecular formula is C19H25N5O. The summed E-state index contributed by atoms with van der Waals surface area (Å²) in [6.07, 6.45) is 2.68. The maximum absolute atomic E-state index is 12.7. The molecule has 3 rings (SSSR count). The molecule has 25 heavy (non-hydrogen) atoms. The van der Waals surface area contributed by atoms with Gasteiger partial charge in [0.05, 0.1) is 0 Å². The van der Waals surface area contributed by atoms with Crippen LogP contribution in [0.2, 0.25) is 0 Å². The minimum atomic E-state index is -0.159. The van der Waals surface area contributed by atoms with Gasteiger partial charge in [0.1, 0.15) is 11.6 Å². The third-order valence-corrected chi connectivity index (χ3v) is 4.93. The zero-order chi connectivity index (χ0) is 17.6. The van der Waals surface area contributed by atoms with Gasteiger partial charge in [0, 0.05) is 58.6 Å². The molecule has 6 nitrogen and oxygen atoms in total. The number of nitriles is 1. The van der Waals surface area contributed by atoms with Gasteiger partial charge in [0.25, 0.3) is 5.91 Å². The Labute approximate surface area is 149 Å². The smallest absolute Gasteiger partial charge is 0.266 e. The van der Waals surface area contributed by atoms with Crippen LogP contribution in [0.3, 0.4) is 0 Å². The Bertz CT molecular complexity index is 685. The number of nitrogens with zero attached hydrogens (tertiary/aromatic N) is 4. The van der Waals surface area contributed by atoms with Crippen LogP contribution in [-0.4, -0.2) is 66.4 Å². The molecule has 1 amide bonds. The maximum atomic E-state index is 12.7. The van der Waals surface area contributed by atoms with E-state index in [1.165, 1.54) is 11.1 Å². The first-order valence-electron chi connectivity index (χ1n) is 8.85. The average molecular weight is 339 g/mol. The fourth-order valence-corrected chi connectivity index (χ4v) is 3.47. The van der Waals surface area contributed by atoms with E-state index in [1.54, 1.807) is 11.1 Å². The highest BCUT2D eigenvalue weighted by Gasteiger charge is 2.24. The van der Waals surface area contributed by atoms with Crippen LogP contribution in [0.4, 0.5) is 0 Å². The van der Waals surface area contributed by atoms with E-state index in [0.717, 1.165) is 39.1 Å². The van der Waals surface area contributed by atoms with E-state index < -0.39 is 0 Å². The Morgan fingerprint density at radius 1 is 1.16 bits per heavy atom. The molecule has 2 N–H and O–H groups in total. The van der Waals surface area contributed by atoms with Crippen LogP contribution in [0.15, 0.2) is 36.0 Å². The summed E-state index contributed by atoms with van der Waals surface area (Å²) in [4.78, 5) is 18.8. The molecule has 6 heteroatoms. The van der Waals surface area contributed by atoms with Crippen LogP contribution in [-0.2, 0) is 17.8 Å². The summed E-state index contributed by atoms with van der Waals surface area (Å²) in [5, 5.41) is 9.47. The highest BCUT2D eigenvalue weighted by atomic mass is 16.2. The molecule has 0 saturated carbocycles. The lowest BCUT2D eigenvalue weighted by Gasteiger charge is -2.34. The fraction of sp³-hybridized carbons (Fsp3) is 0.474. The number of carbonyl (C=O) groups is 1. The molecule has 0 spiro atoms. The van der Waals surface area contributed by atoms with Crippen LogP contribution >= 0.6 is 0 Å². The van der Waals surface area contributed by atoms with Crippen molar-refractivity contribution in [1.82, 2.24) is 14.7 Å². The number of carbonyl (C=O) groups excluding carboxylic acids is 1. The molecule has 1 aromatic carbocycles. The predicted molar refractivity (Wildman–Crippen MR) is 96.3 cm³/mol. The molecule has 2 aliphatic heterocycles. The Hall–Kier alpha value is -2.36. The Morgan fingerprint density at radius 3 is 2.56 bits per heavy atom. The van der Waals surface area contributed by atoms with E-state index in [0.29, 0.717) is 19.6 Å². The van der Waals surface area contributed by atoms with Gasteiger partial charge >= 0.3 is 0 Å². The molecule has 1 aromatic rings. The second-order valence-corrected chi connectivity index (χ2v) is 6.57. The maximum Gasteiger partial charge on any atom is 0.266 e. The lowest BCUT2D eigenvalue weighted by Crippen LogP contribution is -2.50. The molecular weight excluding hydrogens is 314 g/mol. The molecule has 0 unspecified atom stereocenters. The van der Waals surface area contributed by atoms with Crippen molar-refractivity contribution in [3.05, 3.63) is 47.2 Å². The number of amides is 1. The molecule has 0 aromatic heterocycles. The molecule has 0 atom stereocenters. The van der Waals surface area contributed by atoms with Crippen molar-refractivity contribution in [3.63, 3.8) is 0 Å². The van der Waals surface area contributed by atoms with Crippen LogP contribution in [0.1, 0.15) is 11.1 Å². The van der Waals surface area contributed by atoms with Crippen molar-refractivity contribution in [2.24, 2.45) is 5.73 Å². The van der Waals surface area contributed by atoms with Gasteiger partial charge < -0.3 is 15.5 Å². The quantitative estimate of drug-likeness (QED) is 0.641. The summed E-state index contributed by atoms with van der Waals surface area (Å²) in [5.41, 5.74) is 8.43. The SMILES string of the molecule is N#C/C(=C/N1CCc2ccccc2C1)C(=O)N1CCN(CCN)CC1. The minimum absolute atomic E-state index is 0.159. The van der Waals surface area contributed by atoms with Crippen LogP contribution < -0.4 is 5.73 Å². The van der Waals surface area contributed by atoms with Gasteiger partial charge in [0.2, 0.25) is 0 Å². The van der Waals surface area contributed by atoms with Gasteiger partial charge in [-0.25, -0.2) is 0 Å². The van der Waals surface area contributed by atoms with E-state index >= 15 is 0 Å². The second-order valence-electron chi connectivity index (χ2n) is 6.57. The number of hydrogen-bond donors (Lipinski definition) is 1. The third kappa shape index (κ3) is 4.19. The summed E-state index contributed by atoms with van der Waals surface area (Å²) in [6, 6.07) is 10.4. The number of piperazine rings is 1. The summed E-state index contributed by atoms with van der Waals surface area (Å²) >= 11 is 0. The van der Waals surface area contributed by atoms with E-state index in [1.807, 2.05) is 6.07 Å². The standard InChI is InChI=1S/C19H25N5O/c20-6-8-22-9-11-24(12-10-22)19(25)18(13-21)15-23-7-5-16-3-1-2-4-17(16)14-23/h1-4,15H,5-12,14,20H2/b18-15-. The molecule has 0 aliphatic carbocycles. The lowest BCUT2D eigenvalue weighted by atomic mass is 10.00. The van der Waals surface area contributed by atoms with Gasteiger partial charge in [-0.05, 0) is 17.5 Å². The van der Waals surface area contributed by atoms with E-state index in [4.69, 9.17) is 5.73 Å². The van der Waals surface area contributed by atoms with Gasteiger partial charge in [-0.2, -0.15) is 5.26 Å². The number of rotatable bonds is 4. The fourth-order valence-electron chi connectivity index (χ4n) is 3.47. The van der Waals surface area contributed by atoms with Crippen LogP contribution in [0.25, 0.3) is 0 Å². The van der Waals surface area contributed by atoms with Crippen molar-refractivity contribution in [2.75, 3.05) is 45.8 Å². The molecule has 0 bridgehead atoms. The molecule has 1 fully saturated rings. The first-order chi connectivity index (χ1) is 12.2. The monoisotopic (exact) mass is 339 g/mol. The Morgan fingerprint density at radius 2 is 1.88 bits per heavy atom. The molecule has 0 radical (unpaired) electrons. The van der Waals surface area contributed by atoms with Crippen LogP contribution in [0.5, 0.6) is 0 Å². The van der Waals surface area contributed by atoms with Crippen molar-refractivity contribution < 1.29 is 4.79 Å². The normalized spacial score (nSPS) is 18.6. The molecule has 2 aliphatic rings. The zero-order valence-corrected chi connectivity index (χ0v) is 14.5. The van der Waals surface area contributed by atoms with Gasteiger partial charge in [-0.15, -0.1) is 0 Å². The molecule has 2 heterocycles. The van der Waals surface area contributed by atoms with Crippen LogP contribution in [0, 0.1) is 11.3 Å². The topological polar surface area (TPSA) is 76.6 Å². The first-order valence-corrected chi connectivity index (χ1v) is 8.85. The summed E-state index contributed by atoms with van der Waals surface area (Å²) < 4.78 is 0. The lowest BCUT2D eigenvalue weighted by molar-refractivity contribution is -0.128. The predicted octanol–water partition coefficient (Wildman–Crippen LogP) is 0.555.